The summed E-state index contributed by atoms with van der Waals surface area (Å²) in [5.41, 5.74) is -0.492. The number of ether oxygens (including phenoxy) is 1. The van der Waals surface area contributed by atoms with Crippen molar-refractivity contribution in [3.63, 3.8) is 0 Å². The molecule has 122 valence electrons. The second-order valence-corrected chi connectivity index (χ2v) is 7.75. The van der Waals surface area contributed by atoms with Crippen molar-refractivity contribution in [3.8, 4) is 0 Å². The predicted octanol–water partition coefficient (Wildman–Crippen LogP) is 3.20. The second kappa shape index (κ2) is 6.87. The van der Waals surface area contributed by atoms with Gasteiger partial charge in [-0.3, -0.25) is 0 Å². The summed E-state index contributed by atoms with van der Waals surface area (Å²) in [4.78, 5) is 16.6. The van der Waals surface area contributed by atoms with Gasteiger partial charge in [0.2, 0.25) is 0 Å². The normalized spacial score (nSPS) is 16.8. The number of amides is 1. The van der Waals surface area contributed by atoms with Crippen molar-refractivity contribution in [2.45, 2.75) is 26.4 Å². The maximum atomic E-state index is 12.0. The van der Waals surface area contributed by atoms with E-state index in [2.05, 4.69) is 21.1 Å². The number of hydrogen-bond donors (Lipinski definition) is 1. The molecular formula is C14H20BrN3O3S. The standard InChI is InChI=1S/C14H20BrN3O3S/c1-14(2,3)21-13(19)18-7-5-17(6-8-18)12(16-20)11-10(15)4-9-22-11/h4,9,20H,5-8H2,1-3H3/b16-12-. The molecule has 1 amide bonds. The van der Waals surface area contributed by atoms with Crippen molar-refractivity contribution in [3.05, 3.63) is 20.8 Å². The summed E-state index contributed by atoms with van der Waals surface area (Å²) in [5.74, 6) is 0.533. The molecule has 1 aromatic rings. The molecule has 1 aliphatic rings. The van der Waals surface area contributed by atoms with Gasteiger partial charge in [-0.25, -0.2) is 4.79 Å². The third kappa shape index (κ3) is 4.13. The molecule has 1 saturated heterocycles. The van der Waals surface area contributed by atoms with Gasteiger partial charge < -0.3 is 19.7 Å². The van der Waals surface area contributed by atoms with E-state index in [1.165, 1.54) is 11.3 Å². The molecule has 1 N–H and O–H groups in total. The summed E-state index contributed by atoms with van der Waals surface area (Å²) in [7, 11) is 0. The van der Waals surface area contributed by atoms with Gasteiger partial charge >= 0.3 is 6.09 Å². The lowest BCUT2D eigenvalue weighted by Crippen LogP contribution is -2.51. The van der Waals surface area contributed by atoms with Crippen LogP contribution in [0.1, 0.15) is 25.6 Å². The van der Waals surface area contributed by atoms with E-state index in [1.807, 2.05) is 37.1 Å². The number of rotatable bonds is 1. The maximum absolute atomic E-state index is 12.0. The Morgan fingerprint density at radius 2 is 1.91 bits per heavy atom. The lowest BCUT2D eigenvalue weighted by Gasteiger charge is -2.36. The Labute approximate surface area is 142 Å². The second-order valence-electron chi connectivity index (χ2n) is 5.98. The van der Waals surface area contributed by atoms with E-state index in [9.17, 15) is 10.0 Å². The molecular weight excluding hydrogens is 370 g/mol. The Kier molecular flexibility index (Phi) is 5.33. The topological polar surface area (TPSA) is 65.4 Å². The lowest BCUT2D eigenvalue weighted by atomic mass is 10.2. The fourth-order valence-electron chi connectivity index (χ4n) is 2.13. The highest BCUT2D eigenvalue weighted by molar-refractivity contribution is 9.10. The minimum atomic E-state index is -0.492. The molecule has 6 nitrogen and oxygen atoms in total. The average Bonchev–Trinajstić information content (AvgIpc) is 2.85. The van der Waals surface area contributed by atoms with E-state index >= 15 is 0 Å². The molecule has 22 heavy (non-hydrogen) atoms. The number of hydrogen-bond acceptors (Lipinski definition) is 5. The van der Waals surface area contributed by atoms with Crippen molar-refractivity contribution in [1.82, 2.24) is 9.80 Å². The molecule has 1 aromatic heterocycles. The number of nitrogens with zero attached hydrogens (tertiary/aromatic N) is 3. The average molecular weight is 390 g/mol. The first-order chi connectivity index (χ1) is 10.3. The third-order valence-electron chi connectivity index (χ3n) is 3.15. The van der Waals surface area contributed by atoms with Crippen LogP contribution in [0.5, 0.6) is 0 Å². The zero-order valence-corrected chi connectivity index (χ0v) is 15.3. The van der Waals surface area contributed by atoms with Crippen molar-refractivity contribution in [1.29, 1.82) is 0 Å². The molecule has 0 unspecified atom stereocenters. The predicted molar refractivity (Wildman–Crippen MR) is 89.7 cm³/mol. The molecule has 0 spiro atoms. The van der Waals surface area contributed by atoms with Crippen LogP contribution < -0.4 is 0 Å². The van der Waals surface area contributed by atoms with Gasteiger partial charge in [0.05, 0.1) is 4.88 Å². The van der Waals surface area contributed by atoms with Crippen molar-refractivity contribution < 1.29 is 14.7 Å². The Balaban J connectivity index is 1.97. The number of piperazine rings is 1. The molecule has 8 heteroatoms. The highest BCUT2D eigenvalue weighted by Crippen LogP contribution is 2.25. The Morgan fingerprint density at radius 3 is 2.36 bits per heavy atom. The van der Waals surface area contributed by atoms with Crippen LogP contribution in [0.25, 0.3) is 0 Å². The first-order valence-corrected chi connectivity index (χ1v) is 8.67. The summed E-state index contributed by atoms with van der Waals surface area (Å²) in [6.07, 6.45) is -0.299. The van der Waals surface area contributed by atoms with E-state index in [0.29, 0.717) is 32.0 Å². The van der Waals surface area contributed by atoms with Crippen molar-refractivity contribution in [2.24, 2.45) is 5.16 Å². The van der Waals surface area contributed by atoms with E-state index < -0.39 is 5.60 Å². The minimum absolute atomic E-state index is 0.299. The van der Waals surface area contributed by atoms with Crippen LogP contribution in [0.4, 0.5) is 4.79 Å². The van der Waals surface area contributed by atoms with Crippen LogP contribution in [0.3, 0.4) is 0 Å². The molecule has 2 heterocycles. The molecule has 1 aliphatic heterocycles. The van der Waals surface area contributed by atoms with Gasteiger partial charge in [-0.05, 0) is 48.1 Å². The maximum Gasteiger partial charge on any atom is 0.410 e. The van der Waals surface area contributed by atoms with Crippen molar-refractivity contribution >= 4 is 39.2 Å². The number of carbonyl (C=O) groups excluding carboxylic acids is 1. The summed E-state index contributed by atoms with van der Waals surface area (Å²) < 4.78 is 6.28. The Bertz CT molecular complexity index is 560. The molecule has 0 bridgehead atoms. The van der Waals surface area contributed by atoms with Gasteiger partial charge in [0, 0.05) is 30.7 Å². The van der Waals surface area contributed by atoms with Crippen LogP contribution in [-0.2, 0) is 4.74 Å². The number of thiophene rings is 1. The number of oxime groups is 1. The first-order valence-electron chi connectivity index (χ1n) is 7.00. The third-order valence-corrected chi connectivity index (χ3v) is 4.98. The minimum Gasteiger partial charge on any atom is -0.444 e. The largest absolute Gasteiger partial charge is 0.444 e. The van der Waals surface area contributed by atoms with Crippen LogP contribution >= 0.6 is 27.3 Å². The molecule has 1 fully saturated rings. The molecule has 0 aromatic carbocycles. The summed E-state index contributed by atoms with van der Waals surface area (Å²) >= 11 is 4.96. The molecule has 0 atom stereocenters. The smallest absolute Gasteiger partial charge is 0.410 e. The van der Waals surface area contributed by atoms with Crippen LogP contribution in [0.2, 0.25) is 0 Å². The Morgan fingerprint density at radius 1 is 1.32 bits per heavy atom. The fourth-order valence-corrected chi connectivity index (χ4v) is 3.69. The zero-order chi connectivity index (χ0) is 16.3. The van der Waals surface area contributed by atoms with Gasteiger partial charge in [0.25, 0.3) is 0 Å². The molecule has 0 saturated carbocycles. The quantitative estimate of drug-likeness (QED) is 0.346. The van der Waals surface area contributed by atoms with E-state index in [0.717, 1.165) is 9.35 Å². The monoisotopic (exact) mass is 389 g/mol. The van der Waals surface area contributed by atoms with E-state index in [4.69, 9.17) is 4.74 Å². The van der Waals surface area contributed by atoms with Gasteiger partial charge in [0.1, 0.15) is 5.60 Å². The van der Waals surface area contributed by atoms with Crippen LogP contribution in [0, 0.1) is 0 Å². The fraction of sp³-hybridized carbons (Fsp3) is 0.571. The lowest BCUT2D eigenvalue weighted by molar-refractivity contribution is 0.0186. The van der Waals surface area contributed by atoms with E-state index in [-0.39, 0.29) is 6.09 Å². The SMILES string of the molecule is CC(C)(C)OC(=O)N1CCN(/C(=N\O)c2sccc2Br)CC1. The first kappa shape index (κ1) is 17.1. The Hall–Kier alpha value is -1.28. The van der Waals surface area contributed by atoms with Gasteiger partial charge in [0.15, 0.2) is 5.84 Å². The van der Waals surface area contributed by atoms with Crippen molar-refractivity contribution in [2.75, 3.05) is 26.2 Å². The summed E-state index contributed by atoms with van der Waals surface area (Å²) in [6.45, 7) is 7.84. The van der Waals surface area contributed by atoms with Crippen LogP contribution in [0.15, 0.2) is 21.1 Å². The number of amidine groups is 1. The van der Waals surface area contributed by atoms with Gasteiger partial charge in [-0.2, -0.15) is 0 Å². The molecule has 2 rings (SSSR count). The zero-order valence-electron chi connectivity index (χ0n) is 12.9. The summed E-state index contributed by atoms with van der Waals surface area (Å²) in [6, 6.07) is 1.92. The number of halogens is 1. The molecule has 0 aliphatic carbocycles. The number of carbonyl (C=O) groups is 1. The molecule has 0 radical (unpaired) electrons. The summed E-state index contributed by atoms with van der Waals surface area (Å²) in [5, 5.41) is 14.7. The van der Waals surface area contributed by atoms with Gasteiger partial charge in [-0.15, -0.1) is 11.3 Å². The highest BCUT2D eigenvalue weighted by atomic mass is 79.9. The highest BCUT2D eigenvalue weighted by Gasteiger charge is 2.28. The van der Waals surface area contributed by atoms with Gasteiger partial charge in [-0.1, -0.05) is 5.16 Å². The van der Waals surface area contributed by atoms with E-state index in [1.54, 1.807) is 4.90 Å². The van der Waals surface area contributed by atoms with Crippen LogP contribution in [-0.4, -0.2) is 58.7 Å².